The molecule has 0 N–H and O–H groups in total. The molecule has 0 aliphatic heterocycles. The van der Waals surface area contributed by atoms with Crippen molar-refractivity contribution in [2.45, 2.75) is 32.7 Å². The van der Waals surface area contributed by atoms with E-state index in [4.69, 9.17) is 4.74 Å². The Hall–Kier alpha value is -1.09. The molecular weight excluding hydrogens is 204 g/mol. The molecular formula is C12H18O2Si. The fraction of sp³-hybridized carbons (Fsp3) is 0.417. The van der Waals surface area contributed by atoms with Crippen LogP contribution < -0.4 is 5.19 Å². The van der Waals surface area contributed by atoms with Crippen LogP contribution in [0.25, 0.3) is 0 Å². The lowest BCUT2D eigenvalue weighted by Gasteiger charge is -2.29. The topological polar surface area (TPSA) is 26.3 Å². The van der Waals surface area contributed by atoms with Crippen LogP contribution in [0, 0.1) is 0 Å². The second kappa shape index (κ2) is 4.62. The minimum atomic E-state index is -1.69. The lowest BCUT2D eigenvalue weighted by Crippen LogP contribution is -2.52. The Morgan fingerprint density at radius 3 is 2.27 bits per heavy atom. The van der Waals surface area contributed by atoms with Crippen molar-refractivity contribution in [3.8, 4) is 0 Å². The number of hydrogen-bond donors (Lipinski definition) is 0. The minimum Gasteiger partial charge on any atom is -0.466 e. The summed E-state index contributed by atoms with van der Waals surface area (Å²) in [5.41, 5.74) is 0.0115. The molecule has 82 valence electrons. The molecule has 1 aromatic carbocycles. The molecule has 0 amide bonds. The Labute approximate surface area is 92.3 Å². The largest absolute Gasteiger partial charge is 0.466 e. The summed E-state index contributed by atoms with van der Waals surface area (Å²) >= 11 is 0. The summed E-state index contributed by atoms with van der Waals surface area (Å²) in [6.45, 7) is 7.89. The third-order valence-electron chi connectivity index (χ3n) is 2.88. The van der Waals surface area contributed by atoms with E-state index in [0.717, 1.165) is 0 Å². The summed E-state index contributed by atoms with van der Waals surface area (Å²) in [4.78, 5) is 10.9. The standard InChI is InChI=1S/C12H18O2Si/c1-10(13)14-11(2)15(3,4)12-8-6-5-7-9-12/h5-9,11H,1-4H3/t11-/m1/s1. The Morgan fingerprint density at radius 2 is 1.80 bits per heavy atom. The van der Waals surface area contributed by atoms with Crippen LogP contribution in [0.3, 0.4) is 0 Å². The smallest absolute Gasteiger partial charge is 0.302 e. The number of rotatable bonds is 3. The van der Waals surface area contributed by atoms with Gasteiger partial charge >= 0.3 is 5.97 Å². The molecule has 3 heteroatoms. The van der Waals surface area contributed by atoms with E-state index in [0.29, 0.717) is 0 Å². The Morgan fingerprint density at radius 1 is 1.27 bits per heavy atom. The summed E-state index contributed by atoms with van der Waals surface area (Å²) in [5.74, 6) is -0.195. The molecule has 1 aromatic rings. The molecule has 15 heavy (non-hydrogen) atoms. The first-order valence-corrected chi connectivity index (χ1v) is 8.25. The first-order valence-electron chi connectivity index (χ1n) is 5.17. The number of hydrogen-bond acceptors (Lipinski definition) is 2. The lowest BCUT2D eigenvalue weighted by atomic mass is 10.4. The molecule has 2 nitrogen and oxygen atoms in total. The van der Waals surface area contributed by atoms with Gasteiger partial charge in [0.1, 0.15) is 8.07 Å². The van der Waals surface area contributed by atoms with Crippen molar-refractivity contribution < 1.29 is 9.53 Å². The number of carbonyl (C=O) groups is 1. The van der Waals surface area contributed by atoms with Crippen molar-refractivity contribution in [1.29, 1.82) is 0 Å². The van der Waals surface area contributed by atoms with Gasteiger partial charge in [0.2, 0.25) is 0 Å². The van der Waals surface area contributed by atoms with Gasteiger partial charge in [-0.25, -0.2) is 0 Å². The summed E-state index contributed by atoms with van der Waals surface area (Å²) in [6, 6.07) is 10.3. The van der Waals surface area contributed by atoms with Crippen LogP contribution in [0.2, 0.25) is 13.1 Å². The number of esters is 1. The normalized spacial score (nSPS) is 13.3. The van der Waals surface area contributed by atoms with E-state index < -0.39 is 8.07 Å². The molecule has 0 aliphatic rings. The van der Waals surface area contributed by atoms with Crippen molar-refractivity contribution in [3.63, 3.8) is 0 Å². The average Bonchev–Trinajstić information content (AvgIpc) is 2.18. The highest BCUT2D eigenvalue weighted by Crippen LogP contribution is 2.12. The predicted molar refractivity (Wildman–Crippen MR) is 64.8 cm³/mol. The molecule has 0 bridgehead atoms. The third kappa shape index (κ3) is 2.93. The Bertz CT molecular complexity index is 333. The Balaban J connectivity index is 2.87. The van der Waals surface area contributed by atoms with Gasteiger partial charge < -0.3 is 4.74 Å². The van der Waals surface area contributed by atoms with Crippen molar-refractivity contribution in [1.82, 2.24) is 0 Å². The second-order valence-corrected chi connectivity index (χ2v) is 9.17. The van der Waals surface area contributed by atoms with Crippen LogP contribution in [-0.4, -0.2) is 19.8 Å². The summed E-state index contributed by atoms with van der Waals surface area (Å²) in [7, 11) is -1.69. The molecule has 0 saturated heterocycles. The molecule has 0 spiro atoms. The van der Waals surface area contributed by atoms with Gasteiger partial charge in [-0.3, -0.25) is 4.79 Å². The van der Waals surface area contributed by atoms with E-state index in [1.165, 1.54) is 12.1 Å². The molecule has 0 unspecified atom stereocenters. The molecule has 1 atom stereocenters. The first kappa shape index (κ1) is 12.0. The summed E-state index contributed by atoms with van der Waals surface area (Å²) in [5, 5.41) is 1.32. The van der Waals surface area contributed by atoms with Crippen LogP contribution in [0.1, 0.15) is 13.8 Å². The van der Waals surface area contributed by atoms with Gasteiger partial charge in [-0.2, -0.15) is 0 Å². The van der Waals surface area contributed by atoms with E-state index in [1.807, 2.05) is 25.1 Å². The first-order chi connectivity index (χ1) is 6.94. The van der Waals surface area contributed by atoms with Gasteiger partial charge in [0.15, 0.2) is 0 Å². The van der Waals surface area contributed by atoms with Gasteiger partial charge in [0.25, 0.3) is 0 Å². The predicted octanol–water partition coefficient (Wildman–Crippen LogP) is 2.09. The summed E-state index contributed by atoms with van der Waals surface area (Å²) < 4.78 is 5.29. The van der Waals surface area contributed by atoms with E-state index in [2.05, 4.69) is 25.2 Å². The van der Waals surface area contributed by atoms with Gasteiger partial charge in [-0.05, 0) is 6.92 Å². The van der Waals surface area contributed by atoms with Crippen LogP contribution in [-0.2, 0) is 9.53 Å². The van der Waals surface area contributed by atoms with Crippen molar-refractivity contribution >= 4 is 19.2 Å². The fourth-order valence-corrected chi connectivity index (χ4v) is 3.48. The molecule has 0 radical (unpaired) electrons. The fourth-order valence-electron chi connectivity index (χ4n) is 1.50. The van der Waals surface area contributed by atoms with E-state index >= 15 is 0 Å². The van der Waals surface area contributed by atoms with Crippen molar-refractivity contribution in [3.05, 3.63) is 30.3 Å². The molecule has 0 aliphatic carbocycles. The monoisotopic (exact) mass is 222 g/mol. The number of benzene rings is 1. The zero-order chi connectivity index (χ0) is 11.5. The van der Waals surface area contributed by atoms with Gasteiger partial charge in [-0.15, -0.1) is 0 Å². The van der Waals surface area contributed by atoms with Gasteiger partial charge in [0.05, 0.1) is 5.73 Å². The highest BCUT2D eigenvalue weighted by atomic mass is 28.3. The van der Waals surface area contributed by atoms with E-state index in [9.17, 15) is 4.79 Å². The SMILES string of the molecule is CC(=O)O[C@@H](C)[Si](C)(C)c1ccccc1. The minimum absolute atomic E-state index is 0.0115. The molecule has 0 heterocycles. The van der Waals surface area contributed by atoms with E-state index in [-0.39, 0.29) is 11.7 Å². The van der Waals surface area contributed by atoms with Crippen LogP contribution >= 0.6 is 0 Å². The zero-order valence-electron chi connectivity index (χ0n) is 9.78. The lowest BCUT2D eigenvalue weighted by molar-refractivity contribution is -0.142. The quantitative estimate of drug-likeness (QED) is 0.578. The molecule has 0 fully saturated rings. The van der Waals surface area contributed by atoms with Crippen LogP contribution in [0.15, 0.2) is 30.3 Å². The van der Waals surface area contributed by atoms with Crippen molar-refractivity contribution in [2.75, 3.05) is 0 Å². The maximum Gasteiger partial charge on any atom is 0.302 e. The second-order valence-electron chi connectivity index (χ2n) is 4.34. The molecule has 0 saturated carbocycles. The van der Waals surface area contributed by atoms with E-state index in [1.54, 1.807) is 0 Å². The molecule has 1 rings (SSSR count). The highest BCUT2D eigenvalue weighted by Gasteiger charge is 2.32. The number of ether oxygens (including phenoxy) is 1. The average molecular weight is 222 g/mol. The van der Waals surface area contributed by atoms with Crippen molar-refractivity contribution in [2.24, 2.45) is 0 Å². The summed E-state index contributed by atoms with van der Waals surface area (Å²) in [6.07, 6.45) is 0. The maximum absolute atomic E-state index is 10.9. The number of carbonyl (C=O) groups excluding carboxylic acids is 1. The van der Waals surface area contributed by atoms with Gasteiger partial charge in [-0.1, -0.05) is 48.6 Å². The van der Waals surface area contributed by atoms with Crippen LogP contribution in [0.5, 0.6) is 0 Å². The van der Waals surface area contributed by atoms with Crippen LogP contribution in [0.4, 0.5) is 0 Å². The zero-order valence-corrected chi connectivity index (χ0v) is 10.8. The highest BCUT2D eigenvalue weighted by molar-refractivity contribution is 6.90. The Kier molecular flexibility index (Phi) is 3.69. The molecule has 0 aromatic heterocycles. The maximum atomic E-state index is 10.9. The van der Waals surface area contributed by atoms with Gasteiger partial charge in [0, 0.05) is 6.92 Å². The third-order valence-corrected chi connectivity index (χ3v) is 6.85.